The monoisotopic (exact) mass is 478 g/mol. The second-order valence-electron chi connectivity index (χ2n) is 8.96. The summed E-state index contributed by atoms with van der Waals surface area (Å²) in [5.41, 5.74) is 0.303. The summed E-state index contributed by atoms with van der Waals surface area (Å²) < 4.78 is 7.41. The fraction of sp³-hybridized carbons (Fsp3) is 0.522. The number of hydrogen-bond donors (Lipinski definition) is 1. The van der Waals surface area contributed by atoms with E-state index >= 15 is 0 Å². The number of thiophene rings is 1. The molecule has 2 aromatic rings. The second kappa shape index (κ2) is 10.5. The molecule has 32 heavy (non-hydrogen) atoms. The predicted octanol–water partition coefficient (Wildman–Crippen LogP) is 5.79. The van der Waals surface area contributed by atoms with Gasteiger partial charge in [0.15, 0.2) is 0 Å². The van der Waals surface area contributed by atoms with E-state index in [0.29, 0.717) is 25.5 Å². The Morgan fingerprint density at radius 2 is 2.12 bits per heavy atom. The number of amides is 1. The number of hydrogen-bond acceptors (Lipinski definition) is 6. The Morgan fingerprint density at radius 3 is 2.78 bits per heavy atom. The third-order valence-corrected chi connectivity index (χ3v) is 6.60. The molecule has 1 N–H and O–H groups in total. The molecule has 1 atom stereocenters. The second-order valence-corrected chi connectivity index (χ2v) is 10.8. The lowest BCUT2D eigenvalue weighted by Crippen LogP contribution is -2.32. The molecule has 0 saturated carbocycles. The van der Waals surface area contributed by atoms with Crippen molar-refractivity contribution in [2.45, 2.75) is 52.5 Å². The number of carbonyl (C=O) groups excluding carboxylic acids is 2. The molecule has 1 fully saturated rings. The van der Waals surface area contributed by atoms with Crippen LogP contribution in [0.15, 0.2) is 30.9 Å². The number of anilines is 1. The van der Waals surface area contributed by atoms with Gasteiger partial charge >= 0.3 is 6.09 Å². The molecule has 7 nitrogen and oxygen atoms in total. The van der Waals surface area contributed by atoms with Gasteiger partial charge in [0, 0.05) is 35.4 Å². The van der Waals surface area contributed by atoms with Crippen molar-refractivity contribution in [2.24, 2.45) is 5.41 Å². The van der Waals surface area contributed by atoms with E-state index in [2.05, 4.69) is 11.9 Å². The van der Waals surface area contributed by atoms with E-state index in [0.717, 1.165) is 34.2 Å². The van der Waals surface area contributed by atoms with Gasteiger partial charge in [0.1, 0.15) is 12.4 Å². The molecule has 3 rings (SSSR count). The molecule has 1 amide bonds. The van der Waals surface area contributed by atoms with Crippen LogP contribution in [0.1, 0.15) is 61.3 Å². The molecule has 1 aliphatic heterocycles. The van der Waals surface area contributed by atoms with Crippen LogP contribution in [0.3, 0.4) is 0 Å². The van der Waals surface area contributed by atoms with E-state index < -0.39 is 5.41 Å². The first kappa shape index (κ1) is 24.3. The van der Waals surface area contributed by atoms with E-state index in [1.807, 2.05) is 39.0 Å². The highest BCUT2D eigenvalue weighted by atomic mass is 35.5. The van der Waals surface area contributed by atoms with Crippen molar-refractivity contribution in [3.05, 3.63) is 45.8 Å². The molecule has 0 radical (unpaired) electrons. The summed E-state index contributed by atoms with van der Waals surface area (Å²) in [6, 6.07) is 5.80. The standard InChI is InChI=1S/C23H31ClN4O3S/c1-5-13-31-22(30)27-11-6-7-16(10-12-27)18-14-20(25-15-17-8-9-19(24)32-17)28(26-18)21(29)23(2,3)4/h5,8-9,14,16,25H,1,6-7,10-13,15H2,2-4H3. The normalized spacial score (nSPS) is 17.0. The quantitative estimate of drug-likeness (QED) is 0.532. The maximum absolute atomic E-state index is 13.1. The van der Waals surface area contributed by atoms with Crippen molar-refractivity contribution < 1.29 is 14.3 Å². The summed E-state index contributed by atoms with van der Waals surface area (Å²) in [6.07, 6.45) is 3.77. The van der Waals surface area contributed by atoms with Gasteiger partial charge in [-0.15, -0.1) is 11.3 Å². The van der Waals surface area contributed by atoms with Crippen molar-refractivity contribution in [2.75, 3.05) is 25.0 Å². The molecule has 1 saturated heterocycles. The van der Waals surface area contributed by atoms with Crippen LogP contribution in [0.2, 0.25) is 4.34 Å². The summed E-state index contributed by atoms with van der Waals surface area (Å²) in [5.74, 6) is 0.771. The van der Waals surface area contributed by atoms with Crippen LogP contribution < -0.4 is 5.32 Å². The molecular weight excluding hydrogens is 448 g/mol. The highest BCUT2D eigenvalue weighted by Crippen LogP contribution is 2.31. The zero-order chi connectivity index (χ0) is 23.3. The van der Waals surface area contributed by atoms with Crippen LogP contribution in [0.4, 0.5) is 10.6 Å². The largest absolute Gasteiger partial charge is 0.445 e. The Labute approximate surface area is 198 Å². The number of likely N-dealkylation sites (tertiary alicyclic amines) is 1. The summed E-state index contributed by atoms with van der Waals surface area (Å²) in [5, 5.41) is 8.07. The first-order valence-electron chi connectivity index (χ1n) is 10.8. The van der Waals surface area contributed by atoms with Crippen molar-refractivity contribution in [1.82, 2.24) is 14.7 Å². The van der Waals surface area contributed by atoms with Crippen LogP contribution in [0, 0.1) is 5.41 Å². The molecule has 0 bridgehead atoms. The first-order chi connectivity index (χ1) is 15.2. The minimum Gasteiger partial charge on any atom is -0.445 e. The van der Waals surface area contributed by atoms with E-state index in [1.54, 1.807) is 11.0 Å². The van der Waals surface area contributed by atoms with Crippen molar-refractivity contribution >= 4 is 40.8 Å². The fourth-order valence-electron chi connectivity index (χ4n) is 3.62. The highest BCUT2D eigenvalue weighted by molar-refractivity contribution is 7.16. The summed E-state index contributed by atoms with van der Waals surface area (Å²) >= 11 is 7.55. The molecule has 1 unspecified atom stereocenters. The van der Waals surface area contributed by atoms with Crippen LogP contribution in [0.25, 0.3) is 0 Å². The minimum atomic E-state index is -0.568. The zero-order valence-electron chi connectivity index (χ0n) is 18.9. The zero-order valence-corrected chi connectivity index (χ0v) is 20.5. The Morgan fingerprint density at radius 1 is 1.34 bits per heavy atom. The lowest BCUT2D eigenvalue weighted by molar-refractivity contribution is 0.0751. The molecule has 0 aromatic carbocycles. The molecule has 0 aliphatic carbocycles. The van der Waals surface area contributed by atoms with Gasteiger partial charge in [0.2, 0.25) is 0 Å². The number of carbonyl (C=O) groups is 2. The molecule has 9 heteroatoms. The van der Waals surface area contributed by atoms with Crippen LogP contribution in [0.5, 0.6) is 0 Å². The van der Waals surface area contributed by atoms with Gasteiger partial charge in [-0.05, 0) is 31.4 Å². The number of aromatic nitrogens is 2. The van der Waals surface area contributed by atoms with E-state index in [9.17, 15) is 9.59 Å². The number of halogens is 1. The lowest BCUT2D eigenvalue weighted by Gasteiger charge is -2.19. The number of rotatable bonds is 6. The van der Waals surface area contributed by atoms with Crippen LogP contribution >= 0.6 is 22.9 Å². The van der Waals surface area contributed by atoms with Crippen molar-refractivity contribution in [3.8, 4) is 0 Å². The molecule has 0 spiro atoms. The maximum Gasteiger partial charge on any atom is 0.410 e. The predicted molar refractivity (Wildman–Crippen MR) is 129 cm³/mol. The SMILES string of the molecule is C=CCOC(=O)N1CCCC(c2cc(NCc3ccc(Cl)s3)n(C(=O)C(C)(C)C)n2)CC1. The van der Waals surface area contributed by atoms with Crippen molar-refractivity contribution in [1.29, 1.82) is 0 Å². The maximum atomic E-state index is 13.1. The summed E-state index contributed by atoms with van der Waals surface area (Å²) in [7, 11) is 0. The van der Waals surface area contributed by atoms with Crippen LogP contribution in [-0.2, 0) is 11.3 Å². The third-order valence-electron chi connectivity index (χ3n) is 5.36. The Hall–Kier alpha value is -2.32. The van der Waals surface area contributed by atoms with Gasteiger partial charge in [-0.25, -0.2) is 4.79 Å². The number of nitrogens with zero attached hydrogens (tertiary/aromatic N) is 3. The van der Waals surface area contributed by atoms with Crippen molar-refractivity contribution in [3.63, 3.8) is 0 Å². The number of ether oxygens (including phenoxy) is 1. The molecular formula is C23H31ClN4O3S. The average molecular weight is 479 g/mol. The van der Waals surface area contributed by atoms with Gasteiger partial charge in [0.25, 0.3) is 5.91 Å². The van der Waals surface area contributed by atoms with Gasteiger partial charge in [-0.2, -0.15) is 9.78 Å². The Kier molecular flexibility index (Phi) is 8.00. The van der Waals surface area contributed by atoms with Gasteiger partial charge in [-0.1, -0.05) is 45.0 Å². The summed E-state index contributed by atoms with van der Waals surface area (Å²) in [6.45, 7) is 11.3. The smallest absolute Gasteiger partial charge is 0.410 e. The van der Waals surface area contributed by atoms with Gasteiger partial charge in [0.05, 0.1) is 16.6 Å². The van der Waals surface area contributed by atoms with Gasteiger partial charge < -0.3 is 15.0 Å². The molecule has 1 aliphatic rings. The van der Waals surface area contributed by atoms with E-state index in [1.165, 1.54) is 16.0 Å². The third kappa shape index (κ3) is 6.13. The van der Waals surface area contributed by atoms with Crippen LogP contribution in [-0.4, -0.2) is 46.4 Å². The fourth-order valence-corrected chi connectivity index (χ4v) is 4.65. The Bertz CT molecular complexity index is 963. The van der Waals surface area contributed by atoms with Gasteiger partial charge in [-0.3, -0.25) is 4.79 Å². The molecule has 3 heterocycles. The first-order valence-corrected chi connectivity index (χ1v) is 12.0. The molecule has 2 aromatic heterocycles. The van der Waals surface area contributed by atoms with E-state index in [-0.39, 0.29) is 24.5 Å². The lowest BCUT2D eigenvalue weighted by atomic mass is 9.96. The minimum absolute atomic E-state index is 0.0706. The topological polar surface area (TPSA) is 76.5 Å². The summed E-state index contributed by atoms with van der Waals surface area (Å²) in [4.78, 5) is 28.1. The molecule has 174 valence electrons. The van der Waals surface area contributed by atoms with E-state index in [4.69, 9.17) is 21.4 Å². The average Bonchev–Trinajstić information content (AvgIpc) is 3.27. The Balaban J connectivity index is 1.77. The number of nitrogens with one attached hydrogen (secondary N) is 1. The highest BCUT2D eigenvalue weighted by Gasteiger charge is 2.29.